The molecule has 1 rings (SSSR count). The summed E-state index contributed by atoms with van der Waals surface area (Å²) in [7, 11) is 0. The molecule has 0 atom stereocenters. The highest BCUT2D eigenvalue weighted by Crippen LogP contribution is 2.14. The molecule has 0 aromatic carbocycles. The van der Waals surface area contributed by atoms with Gasteiger partial charge < -0.3 is 9.88 Å². The van der Waals surface area contributed by atoms with Gasteiger partial charge in [-0.3, -0.25) is 4.79 Å². The summed E-state index contributed by atoms with van der Waals surface area (Å²) >= 11 is 5.39. The SMILES string of the molecule is CCN(CCBr)c1nc[nH]c(=O)c1I. The number of hydrogen-bond donors (Lipinski definition) is 1. The van der Waals surface area contributed by atoms with E-state index in [1.807, 2.05) is 29.5 Å². The Morgan fingerprint density at radius 3 is 3.00 bits per heavy atom. The van der Waals surface area contributed by atoms with Crippen molar-refractivity contribution in [3.8, 4) is 0 Å². The number of anilines is 1. The number of alkyl halides is 1. The van der Waals surface area contributed by atoms with Crippen molar-refractivity contribution in [3.05, 3.63) is 20.3 Å². The summed E-state index contributed by atoms with van der Waals surface area (Å²) in [5.74, 6) is 0.760. The van der Waals surface area contributed by atoms with Crippen molar-refractivity contribution in [2.75, 3.05) is 23.3 Å². The topological polar surface area (TPSA) is 49.0 Å². The summed E-state index contributed by atoms with van der Waals surface area (Å²) in [4.78, 5) is 20.1. The Morgan fingerprint density at radius 2 is 2.43 bits per heavy atom. The minimum absolute atomic E-state index is 0.0800. The van der Waals surface area contributed by atoms with E-state index in [2.05, 4.69) is 30.8 Å². The Balaban J connectivity index is 3.03. The Kier molecular flexibility index (Phi) is 4.86. The number of aromatic amines is 1. The smallest absolute Gasteiger partial charge is 0.266 e. The van der Waals surface area contributed by atoms with E-state index < -0.39 is 0 Å². The fraction of sp³-hybridized carbons (Fsp3) is 0.500. The molecule has 78 valence electrons. The first-order valence-electron chi connectivity index (χ1n) is 4.24. The van der Waals surface area contributed by atoms with Gasteiger partial charge in [0, 0.05) is 18.4 Å². The Bertz CT molecular complexity index is 355. The number of aromatic nitrogens is 2. The maximum Gasteiger partial charge on any atom is 0.266 e. The van der Waals surface area contributed by atoms with E-state index in [1.54, 1.807) is 0 Å². The van der Waals surface area contributed by atoms with Crippen LogP contribution < -0.4 is 10.5 Å². The Labute approximate surface area is 104 Å². The molecule has 0 aliphatic carbocycles. The van der Waals surface area contributed by atoms with Gasteiger partial charge in [-0.2, -0.15) is 0 Å². The highest BCUT2D eigenvalue weighted by Gasteiger charge is 2.11. The molecule has 1 aromatic heterocycles. The van der Waals surface area contributed by atoms with E-state index in [1.165, 1.54) is 6.33 Å². The van der Waals surface area contributed by atoms with Gasteiger partial charge in [0.1, 0.15) is 9.39 Å². The van der Waals surface area contributed by atoms with Crippen LogP contribution in [0.1, 0.15) is 6.92 Å². The zero-order valence-corrected chi connectivity index (χ0v) is 11.5. The van der Waals surface area contributed by atoms with Gasteiger partial charge in [-0.05, 0) is 29.5 Å². The maximum atomic E-state index is 11.3. The van der Waals surface area contributed by atoms with Crippen LogP contribution >= 0.6 is 38.5 Å². The molecule has 0 aliphatic heterocycles. The number of nitrogens with zero attached hydrogens (tertiary/aromatic N) is 2. The molecular formula is C8H11BrIN3O. The molecule has 0 fully saturated rings. The normalized spacial score (nSPS) is 10.2. The minimum atomic E-state index is -0.0800. The number of nitrogens with one attached hydrogen (secondary N) is 1. The molecule has 0 radical (unpaired) electrons. The average molecular weight is 372 g/mol. The summed E-state index contributed by atoms with van der Waals surface area (Å²) in [6.45, 7) is 3.74. The van der Waals surface area contributed by atoms with Gasteiger partial charge in [-0.1, -0.05) is 15.9 Å². The third-order valence-electron chi connectivity index (χ3n) is 1.81. The molecule has 6 heteroatoms. The Morgan fingerprint density at radius 1 is 1.71 bits per heavy atom. The van der Waals surface area contributed by atoms with Crippen LogP contribution in [0.3, 0.4) is 0 Å². The molecule has 0 spiro atoms. The lowest BCUT2D eigenvalue weighted by Gasteiger charge is -2.21. The molecule has 0 aliphatic rings. The van der Waals surface area contributed by atoms with Crippen molar-refractivity contribution in [2.24, 2.45) is 0 Å². The summed E-state index contributed by atoms with van der Waals surface area (Å²) in [6.07, 6.45) is 1.44. The third kappa shape index (κ3) is 2.69. The molecule has 0 bridgehead atoms. The largest absolute Gasteiger partial charge is 0.355 e. The molecule has 0 saturated carbocycles. The van der Waals surface area contributed by atoms with Gasteiger partial charge in [-0.15, -0.1) is 0 Å². The molecule has 0 amide bonds. The van der Waals surface area contributed by atoms with Crippen LogP contribution in [-0.2, 0) is 0 Å². The Hall–Kier alpha value is -0.110. The predicted octanol–water partition coefficient (Wildman–Crippen LogP) is 1.60. The molecule has 0 saturated heterocycles. The van der Waals surface area contributed by atoms with Crippen LogP contribution in [0.4, 0.5) is 5.82 Å². The van der Waals surface area contributed by atoms with Gasteiger partial charge in [0.25, 0.3) is 5.56 Å². The van der Waals surface area contributed by atoms with E-state index in [0.29, 0.717) is 3.57 Å². The summed E-state index contributed by atoms with van der Waals surface area (Å²) < 4.78 is 0.646. The second-order valence-electron chi connectivity index (χ2n) is 2.64. The van der Waals surface area contributed by atoms with Gasteiger partial charge in [0.2, 0.25) is 0 Å². The van der Waals surface area contributed by atoms with Gasteiger partial charge >= 0.3 is 0 Å². The zero-order chi connectivity index (χ0) is 10.6. The van der Waals surface area contributed by atoms with Gasteiger partial charge in [0.15, 0.2) is 0 Å². The van der Waals surface area contributed by atoms with Crippen LogP contribution in [0.5, 0.6) is 0 Å². The predicted molar refractivity (Wildman–Crippen MR) is 69.3 cm³/mol. The highest BCUT2D eigenvalue weighted by atomic mass is 127. The van der Waals surface area contributed by atoms with Crippen molar-refractivity contribution in [3.63, 3.8) is 0 Å². The standard InChI is InChI=1S/C8H11BrIN3O/c1-2-13(4-3-9)7-6(10)8(14)12-5-11-7/h5H,2-4H2,1H3,(H,11,12,14). The van der Waals surface area contributed by atoms with E-state index >= 15 is 0 Å². The monoisotopic (exact) mass is 371 g/mol. The van der Waals surface area contributed by atoms with Crippen molar-refractivity contribution in [1.29, 1.82) is 0 Å². The second kappa shape index (κ2) is 5.69. The molecular weight excluding hydrogens is 361 g/mol. The summed E-state index contributed by atoms with van der Waals surface area (Å²) in [5.41, 5.74) is -0.0800. The highest BCUT2D eigenvalue weighted by molar-refractivity contribution is 14.1. The second-order valence-corrected chi connectivity index (χ2v) is 4.51. The molecule has 14 heavy (non-hydrogen) atoms. The van der Waals surface area contributed by atoms with Gasteiger partial charge in [0.05, 0.1) is 6.33 Å². The van der Waals surface area contributed by atoms with Crippen LogP contribution in [0.2, 0.25) is 0 Å². The fourth-order valence-electron chi connectivity index (χ4n) is 1.11. The number of halogens is 2. The molecule has 0 unspecified atom stereocenters. The molecule has 1 heterocycles. The van der Waals surface area contributed by atoms with Crippen LogP contribution in [0.15, 0.2) is 11.1 Å². The lowest BCUT2D eigenvalue weighted by molar-refractivity contribution is 0.841. The van der Waals surface area contributed by atoms with Crippen LogP contribution in [-0.4, -0.2) is 28.4 Å². The first-order chi connectivity index (χ1) is 6.70. The van der Waals surface area contributed by atoms with E-state index in [0.717, 1.165) is 24.2 Å². The number of H-pyrrole nitrogens is 1. The summed E-state index contributed by atoms with van der Waals surface area (Å²) in [5, 5.41) is 0.866. The zero-order valence-electron chi connectivity index (χ0n) is 7.76. The first-order valence-corrected chi connectivity index (χ1v) is 6.44. The number of hydrogen-bond acceptors (Lipinski definition) is 3. The van der Waals surface area contributed by atoms with E-state index in [4.69, 9.17) is 0 Å². The molecule has 4 nitrogen and oxygen atoms in total. The third-order valence-corrected chi connectivity index (χ3v) is 3.14. The van der Waals surface area contributed by atoms with Gasteiger partial charge in [-0.25, -0.2) is 4.98 Å². The quantitative estimate of drug-likeness (QED) is 0.646. The summed E-state index contributed by atoms with van der Waals surface area (Å²) in [6, 6.07) is 0. The lowest BCUT2D eigenvalue weighted by Crippen LogP contribution is -2.29. The van der Waals surface area contributed by atoms with Crippen LogP contribution in [0, 0.1) is 3.57 Å². The van der Waals surface area contributed by atoms with Crippen molar-refractivity contribution >= 4 is 44.3 Å². The van der Waals surface area contributed by atoms with Crippen molar-refractivity contribution < 1.29 is 0 Å². The van der Waals surface area contributed by atoms with Crippen molar-refractivity contribution in [2.45, 2.75) is 6.92 Å². The maximum absolute atomic E-state index is 11.3. The molecule has 1 aromatic rings. The fourth-order valence-corrected chi connectivity index (χ4v) is 2.17. The van der Waals surface area contributed by atoms with Crippen LogP contribution in [0.25, 0.3) is 0 Å². The molecule has 1 N–H and O–H groups in total. The average Bonchev–Trinajstić information content (AvgIpc) is 2.19. The lowest BCUT2D eigenvalue weighted by atomic mass is 10.4. The van der Waals surface area contributed by atoms with Crippen molar-refractivity contribution in [1.82, 2.24) is 9.97 Å². The minimum Gasteiger partial charge on any atom is -0.355 e. The first kappa shape index (κ1) is 12.0. The number of rotatable bonds is 4. The van der Waals surface area contributed by atoms with E-state index in [-0.39, 0.29) is 5.56 Å². The van der Waals surface area contributed by atoms with E-state index in [9.17, 15) is 4.79 Å².